The molecule has 112 valence electrons. The molecule has 1 fully saturated rings. The van der Waals surface area contributed by atoms with Crippen LogP contribution in [0, 0.1) is 6.92 Å². The molecule has 1 aromatic rings. The largest absolute Gasteiger partial charge is 0.326 e. The first kappa shape index (κ1) is 16.4. The summed E-state index contributed by atoms with van der Waals surface area (Å²) < 4.78 is 29.1. The van der Waals surface area contributed by atoms with Crippen molar-refractivity contribution in [3.63, 3.8) is 0 Å². The molecule has 2 rings (SSSR count). The summed E-state index contributed by atoms with van der Waals surface area (Å²) in [5.74, 6) is 0. The molecule has 0 aliphatic heterocycles. The SMILES string of the molecule is Cc1cc(Br)c(S(=O)(=O)NC2CCCCC2N)cc1Br. The fraction of sp³-hybridized carbons (Fsp3) is 0.538. The molecule has 1 aliphatic rings. The number of hydrogen-bond donors (Lipinski definition) is 2. The zero-order valence-corrected chi connectivity index (χ0v) is 15.2. The normalized spacial score (nSPS) is 23.8. The molecule has 20 heavy (non-hydrogen) atoms. The van der Waals surface area contributed by atoms with Crippen LogP contribution in [0.25, 0.3) is 0 Å². The standard InChI is InChI=1S/C13H18Br2N2O2S/c1-8-6-10(15)13(7-9(8)14)20(18,19)17-12-5-3-2-4-11(12)16/h6-7,11-12,17H,2-5,16H2,1H3. The molecule has 4 nitrogen and oxygen atoms in total. The lowest BCUT2D eigenvalue weighted by atomic mass is 9.92. The average molecular weight is 426 g/mol. The number of halogens is 2. The maximum absolute atomic E-state index is 12.5. The summed E-state index contributed by atoms with van der Waals surface area (Å²) in [6.45, 7) is 1.91. The maximum Gasteiger partial charge on any atom is 0.242 e. The first-order valence-electron chi connectivity index (χ1n) is 6.55. The van der Waals surface area contributed by atoms with Crippen LogP contribution in [0.1, 0.15) is 31.2 Å². The number of aryl methyl sites for hydroxylation is 1. The van der Waals surface area contributed by atoms with Crippen LogP contribution in [0.4, 0.5) is 0 Å². The van der Waals surface area contributed by atoms with Gasteiger partial charge in [0.2, 0.25) is 10.0 Å². The van der Waals surface area contributed by atoms with Crippen molar-refractivity contribution < 1.29 is 8.42 Å². The lowest BCUT2D eigenvalue weighted by Gasteiger charge is -2.29. The molecule has 1 saturated carbocycles. The molecular weight excluding hydrogens is 408 g/mol. The molecule has 0 saturated heterocycles. The number of hydrogen-bond acceptors (Lipinski definition) is 3. The van der Waals surface area contributed by atoms with Crippen LogP contribution in [0.2, 0.25) is 0 Å². The first-order chi connectivity index (χ1) is 9.31. The summed E-state index contributed by atoms with van der Waals surface area (Å²) in [5.41, 5.74) is 6.99. The van der Waals surface area contributed by atoms with E-state index in [4.69, 9.17) is 5.73 Å². The monoisotopic (exact) mass is 424 g/mol. The Balaban J connectivity index is 2.28. The van der Waals surface area contributed by atoms with Gasteiger partial charge < -0.3 is 5.73 Å². The van der Waals surface area contributed by atoms with Crippen molar-refractivity contribution in [1.29, 1.82) is 0 Å². The minimum Gasteiger partial charge on any atom is -0.326 e. The van der Waals surface area contributed by atoms with E-state index in [-0.39, 0.29) is 17.0 Å². The lowest BCUT2D eigenvalue weighted by molar-refractivity contribution is 0.361. The van der Waals surface area contributed by atoms with Gasteiger partial charge in [-0.05, 0) is 53.4 Å². The average Bonchev–Trinajstić information content (AvgIpc) is 2.36. The Morgan fingerprint density at radius 1 is 1.20 bits per heavy atom. The van der Waals surface area contributed by atoms with Gasteiger partial charge in [0, 0.05) is 21.0 Å². The van der Waals surface area contributed by atoms with Crippen LogP contribution < -0.4 is 10.5 Å². The molecule has 3 N–H and O–H groups in total. The third kappa shape index (κ3) is 3.62. The molecule has 2 atom stereocenters. The molecule has 1 aliphatic carbocycles. The second-order valence-corrected chi connectivity index (χ2v) is 8.60. The van der Waals surface area contributed by atoms with E-state index < -0.39 is 10.0 Å². The van der Waals surface area contributed by atoms with Crippen LogP contribution >= 0.6 is 31.9 Å². The summed E-state index contributed by atoms with van der Waals surface area (Å²) in [5, 5.41) is 0. The summed E-state index contributed by atoms with van der Waals surface area (Å²) in [6, 6.07) is 3.13. The number of rotatable bonds is 3. The highest BCUT2D eigenvalue weighted by atomic mass is 79.9. The van der Waals surface area contributed by atoms with E-state index in [2.05, 4.69) is 36.6 Å². The highest BCUT2D eigenvalue weighted by Gasteiger charge is 2.28. The number of nitrogens with one attached hydrogen (secondary N) is 1. The van der Waals surface area contributed by atoms with Gasteiger partial charge in [0.25, 0.3) is 0 Å². The van der Waals surface area contributed by atoms with E-state index >= 15 is 0 Å². The van der Waals surface area contributed by atoms with E-state index in [1.807, 2.05) is 6.92 Å². The van der Waals surface area contributed by atoms with Crippen LogP contribution in [-0.4, -0.2) is 20.5 Å². The van der Waals surface area contributed by atoms with Gasteiger partial charge in [-0.15, -0.1) is 0 Å². The van der Waals surface area contributed by atoms with E-state index in [9.17, 15) is 8.42 Å². The van der Waals surface area contributed by atoms with Crippen molar-refractivity contribution in [2.45, 2.75) is 49.6 Å². The Hall–Kier alpha value is 0.0500. The van der Waals surface area contributed by atoms with Gasteiger partial charge in [0.1, 0.15) is 0 Å². The topological polar surface area (TPSA) is 72.2 Å². The number of benzene rings is 1. The molecule has 7 heteroatoms. The molecule has 2 unspecified atom stereocenters. The second kappa shape index (κ2) is 6.44. The molecule has 1 aromatic carbocycles. The highest BCUT2D eigenvalue weighted by molar-refractivity contribution is 9.11. The zero-order chi connectivity index (χ0) is 14.9. The van der Waals surface area contributed by atoms with Crippen molar-refractivity contribution in [3.8, 4) is 0 Å². The minimum absolute atomic E-state index is 0.105. The maximum atomic E-state index is 12.5. The van der Waals surface area contributed by atoms with Crippen molar-refractivity contribution in [2.24, 2.45) is 5.73 Å². The Kier molecular flexibility index (Phi) is 5.29. The smallest absolute Gasteiger partial charge is 0.242 e. The molecular formula is C13H18Br2N2O2S. The Morgan fingerprint density at radius 2 is 1.85 bits per heavy atom. The summed E-state index contributed by atoms with van der Waals surface area (Å²) in [7, 11) is -3.57. The van der Waals surface area contributed by atoms with Gasteiger partial charge >= 0.3 is 0 Å². The Bertz CT molecular complexity index is 605. The van der Waals surface area contributed by atoms with E-state index in [0.29, 0.717) is 4.47 Å². The highest BCUT2D eigenvalue weighted by Crippen LogP contribution is 2.29. The molecule has 0 bridgehead atoms. The van der Waals surface area contributed by atoms with Gasteiger partial charge in [0.15, 0.2) is 0 Å². The van der Waals surface area contributed by atoms with Crippen molar-refractivity contribution >= 4 is 41.9 Å². The number of sulfonamides is 1. The second-order valence-electron chi connectivity index (χ2n) is 5.21. The molecule has 0 amide bonds. The van der Waals surface area contributed by atoms with Gasteiger partial charge in [0.05, 0.1) is 4.90 Å². The van der Waals surface area contributed by atoms with Gasteiger partial charge in [-0.3, -0.25) is 0 Å². The van der Waals surface area contributed by atoms with Gasteiger partial charge in [-0.25, -0.2) is 13.1 Å². The van der Waals surface area contributed by atoms with Crippen LogP contribution in [0.3, 0.4) is 0 Å². The first-order valence-corrected chi connectivity index (χ1v) is 9.62. The predicted octanol–water partition coefficient (Wildman–Crippen LogP) is 3.07. The molecule has 0 radical (unpaired) electrons. The quantitative estimate of drug-likeness (QED) is 0.781. The third-order valence-corrected chi connectivity index (χ3v) is 6.93. The van der Waals surface area contributed by atoms with Gasteiger partial charge in [-0.2, -0.15) is 0 Å². The van der Waals surface area contributed by atoms with Crippen molar-refractivity contribution in [1.82, 2.24) is 4.72 Å². The van der Waals surface area contributed by atoms with Crippen molar-refractivity contribution in [2.75, 3.05) is 0 Å². The third-order valence-electron chi connectivity index (χ3n) is 3.63. The van der Waals surface area contributed by atoms with E-state index in [1.54, 1.807) is 12.1 Å². The zero-order valence-electron chi connectivity index (χ0n) is 11.2. The minimum atomic E-state index is -3.57. The lowest BCUT2D eigenvalue weighted by Crippen LogP contribution is -2.49. The van der Waals surface area contributed by atoms with E-state index in [0.717, 1.165) is 35.7 Å². The van der Waals surface area contributed by atoms with Crippen LogP contribution in [0.15, 0.2) is 26.0 Å². The van der Waals surface area contributed by atoms with Gasteiger partial charge in [-0.1, -0.05) is 28.8 Å². The fourth-order valence-corrected chi connectivity index (χ4v) is 5.40. The summed E-state index contributed by atoms with van der Waals surface area (Å²) >= 11 is 6.70. The summed E-state index contributed by atoms with van der Waals surface area (Å²) in [4.78, 5) is 0.243. The molecule has 0 spiro atoms. The predicted molar refractivity (Wildman–Crippen MR) is 87.1 cm³/mol. The van der Waals surface area contributed by atoms with E-state index in [1.165, 1.54) is 0 Å². The number of nitrogens with two attached hydrogens (primary N) is 1. The Labute approximate surface area is 136 Å². The van der Waals surface area contributed by atoms with Crippen LogP contribution in [-0.2, 0) is 10.0 Å². The summed E-state index contributed by atoms with van der Waals surface area (Å²) in [6.07, 6.45) is 3.75. The van der Waals surface area contributed by atoms with Crippen LogP contribution in [0.5, 0.6) is 0 Å². The molecule has 0 heterocycles. The van der Waals surface area contributed by atoms with Crippen molar-refractivity contribution in [3.05, 3.63) is 26.6 Å². The molecule has 0 aromatic heterocycles. The Morgan fingerprint density at radius 3 is 2.50 bits per heavy atom. The fourth-order valence-electron chi connectivity index (χ4n) is 2.40.